The van der Waals surface area contributed by atoms with E-state index in [0.29, 0.717) is 6.04 Å². The molecule has 0 bridgehead atoms. The molecule has 1 heterocycles. The van der Waals surface area contributed by atoms with Gasteiger partial charge in [0.15, 0.2) is 0 Å². The van der Waals surface area contributed by atoms with E-state index in [1.165, 1.54) is 25.6 Å². The second-order valence-corrected chi connectivity index (χ2v) is 4.38. The van der Waals surface area contributed by atoms with Crippen molar-refractivity contribution < 1.29 is 0 Å². The summed E-state index contributed by atoms with van der Waals surface area (Å²) in [6.07, 6.45) is 6.97. The van der Waals surface area contributed by atoms with Gasteiger partial charge in [0.25, 0.3) is 0 Å². The zero-order valence-corrected chi connectivity index (χ0v) is 9.50. The Labute approximate surface area is 99.7 Å². The first-order chi connectivity index (χ1) is 8.33. The van der Waals surface area contributed by atoms with Crippen molar-refractivity contribution in [1.29, 1.82) is 0 Å². The van der Waals surface area contributed by atoms with Crippen molar-refractivity contribution in [3.05, 3.63) is 30.9 Å². The summed E-state index contributed by atoms with van der Waals surface area (Å²) in [5.41, 5.74) is 8.70. The quantitative estimate of drug-likeness (QED) is 0.788. The van der Waals surface area contributed by atoms with Crippen LogP contribution in [0.4, 0.5) is 11.4 Å². The van der Waals surface area contributed by atoms with Gasteiger partial charge in [-0.25, -0.2) is 9.67 Å². The molecule has 3 N–H and O–H groups in total. The summed E-state index contributed by atoms with van der Waals surface area (Å²) in [6.45, 7) is 0. The Hall–Kier alpha value is -2.04. The van der Waals surface area contributed by atoms with E-state index < -0.39 is 0 Å². The molecule has 1 aromatic carbocycles. The first-order valence-electron chi connectivity index (χ1n) is 5.84. The van der Waals surface area contributed by atoms with Crippen molar-refractivity contribution in [1.82, 2.24) is 14.8 Å². The minimum absolute atomic E-state index is 0.572. The highest BCUT2D eigenvalue weighted by molar-refractivity contribution is 5.69. The lowest BCUT2D eigenvalue weighted by molar-refractivity contribution is 0.446. The summed E-state index contributed by atoms with van der Waals surface area (Å²) in [5, 5.41) is 7.57. The van der Waals surface area contributed by atoms with Crippen LogP contribution in [0, 0.1) is 0 Å². The fraction of sp³-hybridized carbons (Fsp3) is 0.333. The molecule has 5 heteroatoms. The van der Waals surface area contributed by atoms with Gasteiger partial charge in [0, 0.05) is 6.04 Å². The summed E-state index contributed by atoms with van der Waals surface area (Å²) in [5.74, 6) is 0. The average Bonchev–Trinajstić information content (AvgIpc) is 2.79. The molecule has 0 spiro atoms. The number of benzene rings is 1. The molecule has 0 unspecified atom stereocenters. The molecule has 2 aromatic rings. The summed E-state index contributed by atoms with van der Waals surface area (Å²) < 4.78 is 1.73. The van der Waals surface area contributed by atoms with E-state index in [2.05, 4.69) is 15.4 Å². The Morgan fingerprint density at radius 2 is 2.24 bits per heavy atom. The van der Waals surface area contributed by atoms with E-state index in [4.69, 9.17) is 5.73 Å². The molecule has 1 aromatic heterocycles. The second-order valence-electron chi connectivity index (χ2n) is 4.38. The summed E-state index contributed by atoms with van der Waals surface area (Å²) in [7, 11) is 0. The van der Waals surface area contributed by atoms with Crippen molar-refractivity contribution >= 4 is 11.4 Å². The van der Waals surface area contributed by atoms with Crippen LogP contribution in [-0.2, 0) is 0 Å². The number of hydrogen-bond acceptors (Lipinski definition) is 4. The van der Waals surface area contributed by atoms with Gasteiger partial charge in [-0.1, -0.05) is 0 Å². The molecule has 5 nitrogen and oxygen atoms in total. The number of anilines is 2. The van der Waals surface area contributed by atoms with Gasteiger partial charge in [0.2, 0.25) is 0 Å². The van der Waals surface area contributed by atoms with Crippen molar-refractivity contribution in [2.75, 3.05) is 11.1 Å². The molecular formula is C12H15N5. The van der Waals surface area contributed by atoms with Crippen LogP contribution in [0.3, 0.4) is 0 Å². The van der Waals surface area contributed by atoms with Crippen molar-refractivity contribution in [2.45, 2.75) is 25.3 Å². The molecule has 1 fully saturated rings. The van der Waals surface area contributed by atoms with Gasteiger partial charge < -0.3 is 11.1 Å². The maximum Gasteiger partial charge on any atom is 0.138 e. The van der Waals surface area contributed by atoms with Crippen LogP contribution in [0.15, 0.2) is 30.9 Å². The molecule has 0 atom stereocenters. The maximum atomic E-state index is 5.96. The van der Waals surface area contributed by atoms with E-state index in [9.17, 15) is 0 Å². The zero-order valence-electron chi connectivity index (χ0n) is 9.50. The molecule has 0 amide bonds. The molecule has 88 valence electrons. The number of aromatic nitrogens is 3. The van der Waals surface area contributed by atoms with Gasteiger partial charge in [-0.15, -0.1) is 0 Å². The topological polar surface area (TPSA) is 68.8 Å². The molecular weight excluding hydrogens is 214 g/mol. The molecule has 3 rings (SSSR count). The van der Waals surface area contributed by atoms with E-state index in [1.54, 1.807) is 11.0 Å². The smallest absolute Gasteiger partial charge is 0.138 e. The number of nitrogens with one attached hydrogen (secondary N) is 1. The first-order valence-corrected chi connectivity index (χ1v) is 5.84. The first kappa shape index (κ1) is 10.1. The predicted octanol–water partition coefficient (Wildman–Crippen LogP) is 1.81. The average molecular weight is 229 g/mol. The predicted molar refractivity (Wildman–Crippen MR) is 67.0 cm³/mol. The highest BCUT2D eigenvalue weighted by atomic mass is 15.3. The van der Waals surface area contributed by atoms with Crippen molar-refractivity contribution in [3.8, 4) is 5.69 Å². The Bertz CT molecular complexity index is 502. The van der Waals surface area contributed by atoms with Crippen LogP contribution in [0.1, 0.15) is 19.3 Å². The van der Waals surface area contributed by atoms with Gasteiger partial charge >= 0.3 is 0 Å². The maximum absolute atomic E-state index is 5.96. The van der Waals surface area contributed by atoms with Crippen LogP contribution < -0.4 is 11.1 Å². The van der Waals surface area contributed by atoms with Crippen LogP contribution in [0.2, 0.25) is 0 Å². The SMILES string of the molecule is Nc1ccc(-n2cncn2)cc1NC1CCC1. The summed E-state index contributed by atoms with van der Waals surface area (Å²) in [6, 6.07) is 6.43. The third kappa shape index (κ3) is 1.95. The number of nitrogens with two attached hydrogens (primary N) is 1. The van der Waals surface area contributed by atoms with Gasteiger partial charge in [-0.2, -0.15) is 5.10 Å². The van der Waals surface area contributed by atoms with Gasteiger partial charge in [-0.05, 0) is 37.5 Å². The minimum Gasteiger partial charge on any atom is -0.397 e. The zero-order chi connectivity index (χ0) is 11.7. The molecule has 1 aliphatic carbocycles. The van der Waals surface area contributed by atoms with E-state index in [-0.39, 0.29) is 0 Å². The Balaban J connectivity index is 1.89. The largest absolute Gasteiger partial charge is 0.397 e. The van der Waals surface area contributed by atoms with Gasteiger partial charge in [-0.3, -0.25) is 0 Å². The molecule has 1 aliphatic rings. The Morgan fingerprint density at radius 1 is 1.35 bits per heavy atom. The van der Waals surface area contributed by atoms with Crippen molar-refractivity contribution in [3.63, 3.8) is 0 Å². The number of nitrogens with zero attached hydrogens (tertiary/aromatic N) is 3. The van der Waals surface area contributed by atoms with Crippen molar-refractivity contribution in [2.24, 2.45) is 0 Å². The monoisotopic (exact) mass is 229 g/mol. The summed E-state index contributed by atoms with van der Waals surface area (Å²) in [4.78, 5) is 3.94. The number of rotatable bonds is 3. The lowest BCUT2D eigenvalue weighted by Gasteiger charge is -2.28. The standard InChI is InChI=1S/C12H15N5/c13-11-5-4-10(17-8-14-7-15-17)6-12(11)16-9-2-1-3-9/h4-9,16H,1-3,13H2. The third-order valence-electron chi connectivity index (χ3n) is 3.18. The highest BCUT2D eigenvalue weighted by Crippen LogP contribution is 2.28. The fourth-order valence-corrected chi connectivity index (χ4v) is 1.93. The van der Waals surface area contributed by atoms with Gasteiger partial charge in [0.1, 0.15) is 12.7 Å². The van der Waals surface area contributed by atoms with Crippen LogP contribution >= 0.6 is 0 Å². The molecule has 0 radical (unpaired) electrons. The highest BCUT2D eigenvalue weighted by Gasteiger charge is 2.17. The Kier molecular flexibility index (Phi) is 2.44. The molecule has 1 saturated carbocycles. The van der Waals surface area contributed by atoms with E-state index in [0.717, 1.165) is 17.1 Å². The number of hydrogen-bond donors (Lipinski definition) is 2. The fourth-order valence-electron chi connectivity index (χ4n) is 1.93. The van der Waals surface area contributed by atoms with E-state index >= 15 is 0 Å². The van der Waals surface area contributed by atoms with Crippen LogP contribution in [0.5, 0.6) is 0 Å². The lowest BCUT2D eigenvalue weighted by atomic mass is 9.93. The minimum atomic E-state index is 0.572. The third-order valence-corrected chi connectivity index (χ3v) is 3.18. The van der Waals surface area contributed by atoms with Crippen LogP contribution in [-0.4, -0.2) is 20.8 Å². The molecule has 0 aliphatic heterocycles. The Morgan fingerprint density at radius 3 is 2.88 bits per heavy atom. The lowest BCUT2D eigenvalue weighted by Crippen LogP contribution is -2.27. The van der Waals surface area contributed by atoms with Crippen LogP contribution in [0.25, 0.3) is 5.69 Å². The normalized spacial score (nSPS) is 15.5. The number of nitrogen functional groups attached to an aromatic ring is 1. The molecule has 0 saturated heterocycles. The molecule has 17 heavy (non-hydrogen) atoms. The summed E-state index contributed by atoms with van der Waals surface area (Å²) >= 11 is 0. The van der Waals surface area contributed by atoms with Gasteiger partial charge in [0.05, 0.1) is 17.1 Å². The second kappa shape index (κ2) is 4.08. The van der Waals surface area contributed by atoms with E-state index in [1.807, 2.05) is 18.2 Å².